The van der Waals surface area contributed by atoms with Gasteiger partial charge in [-0.15, -0.1) is 0 Å². The molecule has 0 radical (unpaired) electrons. The number of hydrogen-bond donors (Lipinski definition) is 2. The number of aryl methyl sites for hydroxylation is 1. The molecule has 2 rings (SSSR count). The molecule has 0 saturated carbocycles. The van der Waals surface area contributed by atoms with Crippen LogP contribution in [0.4, 0.5) is 14.5 Å². The summed E-state index contributed by atoms with van der Waals surface area (Å²) in [5.41, 5.74) is 3.30. The molecular weight excluding hydrogens is 384 g/mol. The number of thiocarbonyl (C=S) groups is 1. The summed E-state index contributed by atoms with van der Waals surface area (Å²) < 4.78 is 24.7. The summed E-state index contributed by atoms with van der Waals surface area (Å²) in [6.45, 7) is 2.80. The van der Waals surface area contributed by atoms with Gasteiger partial charge >= 0.3 is 0 Å². The van der Waals surface area contributed by atoms with E-state index in [1.807, 2.05) is 14.1 Å². The van der Waals surface area contributed by atoms with E-state index in [4.69, 9.17) is 12.2 Å². The van der Waals surface area contributed by atoms with Crippen molar-refractivity contribution >= 4 is 34.8 Å². The predicted octanol–water partition coefficient (Wildman–Crippen LogP) is 5.15. The fourth-order valence-corrected chi connectivity index (χ4v) is 3.36. The van der Waals surface area contributed by atoms with Crippen molar-refractivity contribution in [2.45, 2.75) is 30.0 Å². The van der Waals surface area contributed by atoms with Gasteiger partial charge in [0.1, 0.15) is 0 Å². The van der Waals surface area contributed by atoms with Crippen LogP contribution in [0.3, 0.4) is 0 Å². The minimum atomic E-state index is -2.42. The highest BCUT2D eigenvalue weighted by Gasteiger charge is 2.14. The van der Waals surface area contributed by atoms with Crippen LogP contribution in [0.1, 0.15) is 24.1 Å². The Balaban J connectivity index is 1.91. The molecule has 0 aromatic heterocycles. The Labute approximate surface area is 169 Å². The maximum Gasteiger partial charge on any atom is 0.288 e. The van der Waals surface area contributed by atoms with Crippen LogP contribution in [0.15, 0.2) is 53.4 Å². The van der Waals surface area contributed by atoms with E-state index in [-0.39, 0.29) is 6.04 Å². The number of nitrogens with zero attached hydrogens (tertiary/aromatic N) is 1. The van der Waals surface area contributed by atoms with E-state index < -0.39 is 5.76 Å². The maximum atomic E-state index is 12.4. The molecule has 0 saturated heterocycles. The Morgan fingerprint density at radius 1 is 1.07 bits per heavy atom. The van der Waals surface area contributed by atoms with Gasteiger partial charge in [-0.1, -0.05) is 43.0 Å². The molecule has 0 spiro atoms. The first-order chi connectivity index (χ1) is 12.9. The highest BCUT2D eigenvalue weighted by atomic mass is 32.2. The minimum absolute atomic E-state index is 0.181. The monoisotopic (exact) mass is 409 g/mol. The number of thioether (sulfide) groups is 1. The molecule has 2 aromatic carbocycles. The van der Waals surface area contributed by atoms with Gasteiger partial charge in [0.05, 0.1) is 6.04 Å². The van der Waals surface area contributed by atoms with Crippen molar-refractivity contribution in [3.05, 3.63) is 59.7 Å². The highest BCUT2D eigenvalue weighted by Crippen LogP contribution is 2.26. The van der Waals surface area contributed by atoms with Crippen LogP contribution in [0.5, 0.6) is 0 Å². The van der Waals surface area contributed by atoms with Gasteiger partial charge < -0.3 is 15.5 Å². The zero-order chi connectivity index (χ0) is 19.8. The van der Waals surface area contributed by atoms with Gasteiger partial charge in [0.15, 0.2) is 5.11 Å². The van der Waals surface area contributed by atoms with Gasteiger partial charge in [-0.3, -0.25) is 0 Å². The topological polar surface area (TPSA) is 27.3 Å². The molecular formula is C20H25F2N3S2. The summed E-state index contributed by atoms with van der Waals surface area (Å²) in [5.74, 6) is -2.42. The summed E-state index contributed by atoms with van der Waals surface area (Å²) in [4.78, 5) is 2.67. The van der Waals surface area contributed by atoms with E-state index in [0.29, 0.717) is 28.3 Å². The number of nitrogens with one attached hydrogen (secondary N) is 2. The van der Waals surface area contributed by atoms with Gasteiger partial charge in [-0.25, -0.2) is 0 Å². The Hall–Kier alpha value is -1.70. The minimum Gasteiger partial charge on any atom is -0.361 e. The van der Waals surface area contributed by atoms with E-state index >= 15 is 0 Å². The van der Waals surface area contributed by atoms with Crippen molar-refractivity contribution in [3.63, 3.8) is 0 Å². The van der Waals surface area contributed by atoms with Crippen molar-refractivity contribution in [1.29, 1.82) is 0 Å². The largest absolute Gasteiger partial charge is 0.361 e. The lowest BCUT2D eigenvalue weighted by Crippen LogP contribution is -2.36. The lowest BCUT2D eigenvalue weighted by Gasteiger charge is -2.26. The summed E-state index contributed by atoms with van der Waals surface area (Å²) in [5, 5.41) is 6.83. The number of alkyl halides is 2. The van der Waals surface area contributed by atoms with E-state index in [1.54, 1.807) is 24.3 Å². The molecule has 27 heavy (non-hydrogen) atoms. The molecule has 0 bridgehead atoms. The average molecular weight is 410 g/mol. The number of likely N-dealkylation sites (N-methyl/N-ethyl adjacent to an activating group) is 1. The van der Waals surface area contributed by atoms with Crippen molar-refractivity contribution in [1.82, 2.24) is 10.2 Å². The molecule has 2 aromatic rings. The molecule has 0 unspecified atom stereocenters. The molecule has 2 N–H and O–H groups in total. The fourth-order valence-electron chi connectivity index (χ4n) is 2.66. The van der Waals surface area contributed by atoms with Gasteiger partial charge in [0.25, 0.3) is 5.76 Å². The second-order valence-corrected chi connectivity index (χ2v) is 7.78. The van der Waals surface area contributed by atoms with Gasteiger partial charge in [0, 0.05) is 17.1 Å². The zero-order valence-corrected chi connectivity index (χ0v) is 17.3. The second-order valence-electron chi connectivity index (χ2n) is 6.31. The third-order valence-electron chi connectivity index (χ3n) is 4.19. The van der Waals surface area contributed by atoms with Crippen LogP contribution in [0.25, 0.3) is 0 Å². The molecule has 3 nitrogen and oxygen atoms in total. The highest BCUT2D eigenvalue weighted by molar-refractivity contribution is 7.99. The number of halogens is 2. The molecule has 1 atom stereocenters. The Kier molecular flexibility index (Phi) is 8.47. The first-order valence-electron chi connectivity index (χ1n) is 8.74. The Morgan fingerprint density at radius 3 is 2.22 bits per heavy atom. The molecule has 0 heterocycles. The predicted molar refractivity (Wildman–Crippen MR) is 115 cm³/mol. The Morgan fingerprint density at radius 2 is 1.70 bits per heavy atom. The summed E-state index contributed by atoms with van der Waals surface area (Å²) >= 11 is 5.90. The van der Waals surface area contributed by atoms with Gasteiger partial charge in [-0.2, -0.15) is 8.78 Å². The quantitative estimate of drug-likeness (QED) is 0.464. The first-order valence-corrected chi connectivity index (χ1v) is 10.0. The molecule has 0 amide bonds. The fraction of sp³-hybridized carbons (Fsp3) is 0.350. The van der Waals surface area contributed by atoms with Crippen LogP contribution < -0.4 is 10.6 Å². The van der Waals surface area contributed by atoms with Crippen LogP contribution in [0, 0.1) is 0 Å². The number of rotatable bonds is 8. The standard InChI is InChI=1S/C20H25F2N3S2/c1-4-14-5-7-15(8-6-14)18(25(2)3)13-23-20(26)24-16-9-11-17(12-10-16)27-19(21)22/h5-12,18-19H,4,13H2,1-3H3,(H2,23,24,26)/t18-/m0/s1. The van der Waals surface area contributed by atoms with Crippen molar-refractivity contribution in [2.24, 2.45) is 0 Å². The molecule has 7 heteroatoms. The van der Waals surface area contributed by atoms with Crippen LogP contribution in [-0.4, -0.2) is 36.4 Å². The summed E-state index contributed by atoms with van der Waals surface area (Å²) in [6.07, 6.45) is 1.02. The molecule has 0 aliphatic heterocycles. The third kappa shape index (κ3) is 7.08. The molecule has 0 aliphatic rings. The molecule has 146 valence electrons. The Bertz CT molecular complexity index is 719. The summed E-state index contributed by atoms with van der Waals surface area (Å²) in [7, 11) is 4.08. The third-order valence-corrected chi connectivity index (χ3v) is 5.16. The normalized spacial score (nSPS) is 12.3. The molecule has 0 fully saturated rings. The van der Waals surface area contributed by atoms with Gasteiger partial charge in [-0.05, 0) is 68.1 Å². The van der Waals surface area contributed by atoms with Gasteiger partial charge in [0.2, 0.25) is 0 Å². The summed E-state index contributed by atoms with van der Waals surface area (Å²) in [6, 6.07) is 15.6. The lowest BCUT2D eigenvalue weighted by molar-refractivity contribution is 0.252. The van der Waals surface area contributed by atoms with Crippen LogP contribution >= 0.6 is 24.0 Å². The van der Waals surface area contributed by atoms with Crippen molar-refractivity contribution < 1.29 is 8.78 Å². The first kappa shape index (κ1) is 21.6. The van der Waals surface area contributed by atoms with Crippen LogP contribution in [0.2, 0.25) is 0 Å². The van der Waals surface area contributed by atoms with Crippen LogP contribution in [-0.2, 0) is 6.42 Å². The van der Waals surface area contributed by atoms with E-state index in [1.165, 1.54) is 11.1 Å². The van der Waals surface area contributed by atoms with E-state index in [2.05, 4.69) is 46.7 Å². The molecule has 0 aliphatic carbocycles. The zero-order valence-electron chi connectivity index (χ0n) is 15.7. The lowest BCUT2D eigenvalue weighted by atomic mass is 10.0. The average Bonchev–Trinajstić information content (AvgIpc) is 2.63. The van der Waals surface area contributed by atoms with E-state index in [9.17, 15) is 8.78 Å². The second kappa shape index (κ2) is 10.6. The SMILES string of the molecule is CCc1ccc([C@H](CNC(=S)Nc2ccc(SC(F)F)cc2)N(C)C)cc1. The number of hydrogen-bond acceptors (Lipinski definition) is 3. The smallest absolute Gasteiger partial charge is 0.288 e. The number of anilines is 1. The van der Waals surface area contributed by atoms with Crippen molar-refractivity contribution in [2.75, 3.05) is 26.0 Å². The maximum absolute atomic E-state index is 12.4. The van der Waals surface area contributed by atoms with Crippen molar-refractivity contribution in [3.8, 4) is 0 Å². The number of benzene rings is 2. The van der Waals surface area contributed by atoms with E-state index in [0.717, 1.165) is 12.1 Å².